The molecule has 0 fully saturated rings. The number of aliphatic imine (C=N–C) groups is 3. The molecule has 1 aliphatic rings. The van der Waals surface area contributed by atoms with Gasteiger partial charge in [0, 0.05) is 0 Å². The molecular formula is C9H14N6. The predicted octanol–water partition coefficient (Wildman–Crippen LogP) is -0.163. The first-order valence-electron chi connectivity index (χ1n) is 4.45. The largest absolute Gasteiger partial charge is 0.384 e. The van der Waals surface area contributed by atoms with Crippen molar-refractivity contribution in [2.75, 3.05) is 0 Å². The molecule has 0 unspecified atom stereocenters. The van der Waals surface area contributed by atoms with Crippen LogP contribution in [0.5, 0.6) is 0 Å². The molecule has 15 heavy (non-hydrogen) atoms. The van der Waals surface area contributed by atoms with Crippen molar-refractivity contribution in [3.63, 3.8) is 0 Å². The molecule has 1 rings (SSSR count). The normalized spacial score (nSPS) is 17.8. The van der Waals surface area contributed by atoms with Crippen LogP contribution in [0.2, 0.25) is 0 Å². The van der Waals surface area contributed by atoms with Crippen molar-refractivity contribution in [3.8, 4) is 0 Å². The zero-order chi connectivity index (χ0) is 11.4. The number of hydrogen-bond donors (Lipinski definition) is 3. The molecule has 0 aliphatic carbocycles. The summed E-state index contributed by atoms with van der Waals surface area (Å²) < 4.78 is 0. The van der Waals surface area contributed by atoms with Gasteiger partial charge in [-0.25, -0.2) is 15.0 Å². The highest BCUT2D eigenvalue weighted by atomic mass is 15.1. The average molecular weight is 206 g/mol. The van der Waals surface area contributed by atoms with Gasteiger partial charge in [0.1, 0.15) is 17.3 Å². The van der Waals surface area contributed by atoms with Crippen LogP contribution in [0.1, 0.15) is 13.3 Å². The molecule has 0 aromatic carbocycles. The maximum atomic E-state index is 5.48. The first-order chi connectivity index (χ1) is 7.04. The summed E-state index contributed by atoms with van der Waals surface area (Å²) in [6.07, 6.45) is 2.35. The van der Waals surface area contributed by atoms with Gasteiger partial charge in [-0.2, -0.15) is 0 Å². The van der Waals surface area contributed by atoms with Crippen LogP contribution in [0.3, 0.4) is 0 Å². The number of hydrogen-bond acceptors (Lipinski definition) is 5. The quantitative estimate of drug-likeness (QED) is 0.582. The number of rotatable bonds is 2. The molecule has 0 aromatic rings. The van der Waals surface area contributed by atoms with Crippen molar-refractivity contribution >= 4 is 17.8 Å². The highest BCUT2D eigenvalue weighted by Gasteiger charge is 2.13. The van der Waals surface area contributed by atoms with E-state index in [1.54, 1.807) is 6.21 Å². The molecule has 0 spiro atoms. The van der Waals surface area contributed by atoms with Gasteiger partial charge in [0.25, 0.3) is 0 Å². The summed E-state index contributed by atoms with van der Waals surface area (Å²) in [5.74, 6) is 0.494. The molecule has 1 aliphatic heterocycles. The summed E-state index contributed by atoms with van der Waals surface area (Å²) >= 11 is 0. The standard InChI is InChI=1S/C9H14N6/c1-3-6-4-13-9(14-5(2)10)7(15-6)8(11)12/h4H,2-3,10-12H2,1H3/b14-9+. The molecule has 0 atom stereocenters. The summed E-state index contributed by atoms with van der Waals surface area (Å²) in [7, 11) is 0. The maximum absolute atomic E-state index is 5.48. The van der Waals surface area contributed by atoms with Gasteiger partial charge in [-0.3, -0.25) is 0 Å². The number of amidine groups is 1. The molecule has 80 valence electrons. The van der Waals surface area contributed by atoms with E-state index in [2.05, 4.69) is 21.6 Å². The summed E-state index contributed by atoms with van der Waals surface area (Å²) in [6.45, 7) is 5.40. The number of nitrogens with two attached hydrogens (primary N) is 3. The predicted molar refractivity (Wildman–Crippen MR) is 62.4 cm³/mol. The minimum atomic E-state index is 0.0674. The van der Waals surface area contributed by atoms with Crippen molar-refractivity contribution < 1.29 is 0 Å². The summed E-state index contributed by atoms with van der Waals surface area (Å²) in [4.78, 5) is 12.1. The summed E-state index contributed by atoms with van der Waals surface area (Å²) in [5.41, 5.74) is 17.4. The molecule has 6 nitrogen and oxygen atoms in total. The third-order valence-electron chi connectivity index (χ3n) is 1.69. The molecule has 0 amide bonds. The second-order valence-corrected chi connectivity index (χ2v) is 2.95. The maximum Gasteiger partial charge on any atom is 0.183 e. The second kappa shape index (κ2) is 4.41. The van der Waals surface area contributed by atoms with Crippen molar-refractivity contribution in [1.29, 1.82) is 0 Å². The second-order valence-electron chi connectivity index (χ2n) is 2.95. The van der Waals surface area contributed by atoms with Crippen LogP contribution in [-0.2, 0) is 0 Å². The van der Waals surface area contributed by atoms with Gasteiger partial charge in [-0.05, 0) is 6.42 Å². The Morgan fingerprint density at radius 2 is 2.13 bits per heavy atom. The Morgan fingerprint density at radius 1 is 1.47 bits per heavy atom. The smallest absolute Gasteiger partial charge is 0.183 e. The lowest BCUT2D eigenvalue weighted by atomic mass is 10.2. The van der Waals surface area contributed by atoms with Crippen LogP contribution >= 0.6 is 0 Å². The summed E-state index contributed by atoms with van der Waals surface area (Å²) in [5, 5.41) is 0. The summed E-state index contributed by atoms with van der Waals surface area (Å²) in [6, 6.07) is 0. The van der Waals surface area contributed by atoms with E-state index in [4.69, 9.17) is 17.2 Å². The molecule has 0 saturated heterocycles. The lowest BCUT2D eigenvalue weighted by Crippen LogP contribution is -2.20. The van der Waals surface area contributed by atoms with Gasteiger partial charge in [-0.15, -0.1) is 0 Å². The highest BCUT2D eigenvalue weighted by Crippen LogP contribution is 2.10. The molecule has 0 bridgehead atoms. The Kier molecular flexibility index (Phi) is 3.22. The lowest BCUT2D eigenvalue weighted by molar-refractivity contribution is 1.14. The van der Waals surface area contributed by atoms with Crippen LogP contribution in [0.15, 0.2) is 38.9 Å². The Bertz CT molecular complexity index is 395. The molecular weight excluding hydrogens is 192 g/mol. The molecule has 0 radical (unpaired) electrons. The van der Waals surface area contributed by atoms with Gasteiger partial charge >= 0.3 is 0 Å². The first kappa shape index (κ1) is 11.0. The Hall–Kier alpha value is -2.11. The topological polar surface area (TPSA) is 115 Å². The van der Waals surface area contributed by atoms with Gasteiger partial charge in [0.05, 0.1) is 11.9 Å². The Labute approximate surface area is 88.0 Å². The number of nitrogens with zero attached hydrogens (tertiary/aromatic N) is 3. The van der Waals surface area contributed by atoms with Gasteiger partial charge in [-0.1, -0.05) is 13.5 Å². The van der Waals surface area contributed by atoms with Crippen LogP contribution in [0.25, 0.3) is 0 Å². The third kappa shape index (κ3) is 2.67. The van der Waals surface area contributed by atoms with E-state index in [1.807, 2.05) is 6.92 Å². The van der Waals surface area contributed by atoms with Crippen LogP contribution in [0, 0.1) is 0 Å². The van der Waals surface area contributed by atoms with Crippen molar-refractivity contribution in [2.45, 2.75) is 13.3 Å². The van der Waals surface area contributed by atoms with Crippen molar-refractivity contribution in [3.05, 3.63) is 23.9 Å². The van der Waals surface area contributed by atoms with E-state index in [9.17, 15) is 0 Å². The zero-order valence-corrected chi connectivity index (χ0v) is 8.57. The minimum absolute atomic E-state index is 0.0674. The molecule has 1 heterocycles. The van der Waals surface area contributed by atoms with E-state index in [0.717, 1.165) is 12.1 Å². The van der Waals surface area contributed by atoms with Crippen LogP contribution in [-0.4, -0.2) is 17.8 Å². The molecule has 0 saturated carbocycles. The fourth-order valence-corrected chi connectivity index (χ4v) is 1.00. The fourth-order valence-electron chi connectivity index (χ4n) is 1.00. The van der Waals surface area contributed by atoms with Gasteiger partial charge in [0.15, 0.2) is 5.84 Å². The third-order valence-corrected chi connectivity index (χ3v) is 1.69. The van der Waals surface area contributed by atoms with E-state index in [0.29, 0.717) is 11.5 Å². The van der Waals surface area contributed by atoms with Gasteiger partial charge in [0.2, 0.25) is 0 Å². The first-order valence-corrected chi connectivity index (χ1v) is 4.45. The van der Waals surface area contributed by atoms with Gasteiger partial charge < -0.3 is 17.2 Å². The van der Waals surface area contributed by atoms with Crippen LogP contribution < -0.4 is 17.2 Å². The van der Waals surface area contributed by atoms with E-state index >= 15 is 0 Å². The van der Waals surface area contributed by atoms with E-state index < -0.39 is 0 Å². The SMILES string of the molecule is C=C(N)/N=C1/N=CC(CC)=NC1=C(N)N. The fraction of sp³-hybridized carbons (Fsp3) is 0.222. The van der Waals surface area contributed by atoms with Crippen molar-refractivity contribution in [2.24, 2.45) is 32.2 Å². The monoisotopic (exact) mass is 206 g/mol. The van der Waals surface area contributed by atoms with Crippen LogP contribution in [0.4, 0.5) is 0 Å². The minimum Gasteiger partial charge on any atom is -0.384 e. The average Bonchev–Trinajstić information content (AvgIpc) is 2.17. The molecule has 6 heteroatoms. The molecule has 0 aromatic heterocycles. The Morgan fingerprint density at radius 3 is 2.60 bits per heavy atom. The van der Waals surface area contributed by atoms with E-state index in [-0.39, 0.29) is 11.6 Å². The van der Waals surface area contributed by atoms with Crippen molar-refractivity contribution in [1.82, 2.24) is 0 Å². The highest BCUT2D eigenvalue weighted by molar-refractivity contribution is 6.35. The molecule has 6 N–H and O–H groups in total. The lowest BCUT2D eigenvalue weighted by Gasteiger charge is -2.10. The van der Waals surface area contributed by atoms with E-state index in [1.165, 1.54) is 0 Å². The zero-order valence-electron chi connectivity index (χ0n) is 8.57. The Balaban J connectivity index is 3.16.